The number of carboxylic acids is 1. The third-order valence-corrected chi connectivity index (χ3v) is 3.05. The second kappa shape index (κ2) is 6.19. The summed E-state index contributed by atoms with van der Waals surface area (Å²) in [5.74, 6) is -1.76. The fourth-order valence-electron chi connectivity index (χ4n) is 1.92. The Morgan fingerprint density at radius 2 is 2.00 bits per heavy atom. The number of aliphatic carboxylic acids is 1. The minimum atomic E-state index is -1.04. The van der Waals surface area contributed by atoms with E-state index in [4.69, 9.17) is 4.74 Å². The van der Waals surface area contributed by atoms with E-state index in [-0.39, 0.29) is 6.61 Å². The molecule has 1 unspecified atom stereocenters. The maximum atomic E-state index is 13.2. The molecule has 1 atom stereocenters. The lowest BCUT2D eigenvalue weighted by Gasteiger charge is -2.15. The lowest BCUT2D eigenvalue weighted by atomic mass is 10.00. The Hall–Kier alpha value is -2.36. The zero-order chi connectivity index (χ0) is 14.5. The van der Waals surface area contributed by atoms with Crippen LogP contribution in [-0.4, -0.2) is 17.7 Å². The number of aryl methyl sites for hydroxylation is 1. The van der Waals surface area contributed by atoms with Gasteiger partial charge >= 0.3 is 5.97 Å². The molecule has 2 aromatic rings. The van der Waals surface area contributed by atoms with Crippen LogP contribution in [0, 0.1) is 12.7 Å². The summed E-state index contributed by atoms with van der Waals surface area (Å²) < 4.78 is 18.7. The molecule has 4 heteroatoms. The highest BCUT2D eigenvalue weighted by Gasteiger charge is 2.21. The van der Waals surface area contributed by atoms with Crippen molar-refractivity contribution in [2.75, 3.05) is 6.61 Å². The van der Waals surface area contributed by atoms with E-state index in [1.807, 2.05) is 25.1 Å². The van der Waals surface area contributed by atoms with Gasteiger partial charge in [-0.2, -0.15) is 0 Å². The number of ether oxygens (including phenoxy) is 1. The first-order valence-electron chi connectivity index (χ1n) is 6.24. The van der Waals surface area contributed by atoms with Crippen molar-refractivity contribution >= 4 is 5.97 Å². The standard InChI is InChI=1S/C16H15FO3/c1-11-5-2-3-8-15(11)20-10-14(16(18)19)12-6-4-7-13(17)9-12/h2-9,14H,10H2,1H3,(H,18,19). The predicted molar refractivity (Wildman–Crippen MR) is 73.5 cm³/mol. The molecule has 0 aliphatic rings. The van der Waals surface area contributed by atoms with Gasteiger partial charge in [-0.3, -0.25) is 4.79 Å². The average molecular weight is 274 g/mol. The van der Waals surface area contributed by atoms with Crippen molar-refractivity contribution in [2.24, 2.45) is 0 Å². The molecule has 20 heavy (non-hydrogen) atoms. The fraction of sp³-hybridized carbons (Fsp3) is 0.188. The fourth-order valence-corrected chi connectivity index (χ4v) is 1.92. The topological polar surface area (TPSA) is 46.5 Å². The van der Waals surface area contributed by atoms with E-state index in [9.17, 15) is 14.3 Å². The molecule has 3 nitrogen and oxygen atoms in total. The summed E-state index contributed by atoms with van der Waals surface area (Å²) in [7, 11) is 0. The second-order valence-corrected chi connectivity index (χ2v) is 4.52. The van der Waals surface area contributed by atoms with Crippen molar-refractivity contribution in [1.82, 2.24) is 0 Å². The van der Waals surface area contributed by atoms with Crippen molar-refractivity contribution in [3.05, 3.63) is 65.5 Å². The zero-order valence-electron chi connectivity index (χ0n) is 11.0. The number of carboxylic acid groups (broad SMARTS) is 1. The molecule has 0 saturated heterocycles. The molecule has 1 N–H and O–H groups in total. The quantitative estimate of drug-likeness (QED) is 0.909. The Labute approximate surface area is 116 Å². The van der Waals surface area contributed by atoms with Gasteiger partial charge in [0.15, 0.2) is 0 Å². The molecule has 0 radical (unpaired) electrons. The van der Waals surface area contributed by atoms with E-state index in [1.54, 1.807) is 12.1 Å². The molecule has 0 aliphatic heterocycles. The van der Waals surface area contributed by atoms with Crippen LogP contribution in [-0.2, 0) is 4.79 Å². The summed E-state index contributed by atoms with van der Waals surface area (Å²) in [6.07, 6.45) is 0. The predicted octanol–water partition coefficient (Wildman–Crippen LogP) is 3.38. The van der Waals surface area contributed by atoms with E-state index in [2.05, 4.69) is 0 Å². The summed E-state index contributed by atoms with van der Waals surface area (Å²) in [4.78, 5) is 11.3. The molecule has 2 rings (SSSR count). The zero-order valence-corrected chi connectivity index (χ0v) is 11.0. The lowest BCUT2D eigenvalue weighted by Crippen LogP contribution is -2.19. The summed E-state index contributed by atoms with van der Waals surface area (Å²) in [5.41, 5.74) is 1.32. The first-order valence-corrected chi connectivity index (χ1v) is 6.24. The molecule has 104 valence electrons. The summed E-state index contributed by atoms with van der Waals surface area (Å²) in [6.45, 7) is 1.84. The first kappa shape index (κ1) is 14.1. The van der Waals surface area contributed by atoms with Gasteiger partial charge in [-0.25, -0.2) is 4.39 Å². The number of para-hydroxylation sites is 1. The Bertz CT molecular complexity index is 610. The molecule has 0 aromatic heterocycles. The average Bonchev–Trinajstić information content (AvgIpc) is 2.41. The molecule has 0 heterocycles. The first-order chi connectivity index (χ1) is 9.58. The SMILES string of the molecule is Cc1ccccc1OCC(C(=O)O)c1cccc(F)c1. The van der Waals surface area contributed by atoms with Gasteiger partial charge in [0.05, 0.1) is 0 Å². The van der Waals surface area contributed by atoms with Crippen LogP contribution in [0.2, 0.25) is 0 Å². The van der Waals surface area contributed by atoms with Gasteiger partial charge in [-0.05, 0) is 36.2 Å². The van der Waals surface area contributed by atoms with Crippen LogP contribution in [0.3, 0.4) is 0 Å². The van der Waals surface area contributed by atoms with Crippen LogP contribution >= 0.6 is 0 Å². The minimum Gasteiger partial charge on any atom is -0.492 e. The van der Waals surface area contributed by atoms with Crippen molar-refractivity contribution < 1.29 is 19.0 Å². The van der Waals surface area contributed by atoms with Crippen molar-refractivity contribution in [3.63, 3.8) is 0 Å². The monoisotopic (exact) mass is 274 g/mol. The number of benzene rings is 2. The van der Waals surface area contributed by atoms with Crippen LogP contribution in [0.5, 0.6) is 5.75 Å². The Morgan fingerprint density at radius 1 is 1.25 bits per heavy atom. The number of hydrogen-bond donors (Lipinski definition) is 1. The largest absolute Gasteiger partial charge is 0.492 e. The lowest BCUT2D eigenvalue weighted by molar-refractivity contribution is -0.139. The number of rotatable bonds is 5. The highest BCUT2D eigenvalue weighted by molar-refractivity contribution is 5.76. The van der Waals surface area contributed by atoms with Crippen molar-refractivity contribution in [2.45, 2.75) is 12.8 Å². The molecular formula is C16H15FO3. The number of halogens is 1. The third kappa shape index (κ3) is 3.35. The molecule has 0 amide bonds. The molecule has 2 aromatic carbocycles. The molecule has 0 bridgehead atoms. The smallest absolute Gasteiger partial charge is 0.314 e. The van der Waals surface area contributed by atoms with Gasteiger partial charge in [0, 0.05) is 0 Å². The van der Waals surface area contributed by atoms with Gasteiger partial charge in [0.1, 0.15) is 24.1 Å². The maximum Gasteiger partial charge on any atom is 0.314 e. The molecule has 0 spiro atoms. The summed E-state index contributed by atoms with van der Waals surface area (Å²) in [6, 6.07) is 12.9. The normalized spacial score (nSPS) is 11.9. The van der Waals surface area contributed by atoms with Crippen molar-refractivity contribution in [3.8, 4) is 5.75 Å². The number of carbonyl (C=O) groups is 1. The van der Waals surface area contributed by atoms with Crippen LogP contribution in [0.15, 0.2) is 48.5 Å². The van der Waals surface area contributed by atoms with Gasteiger partial charge < -0.3 is 9.84 Å². The van der Waals surface area contributed by atoms with Crippen LogP contribution in [0.25, 0.3) is 0 Å². The van der Waals surface area contributed by atoms with E-state index < -0.39 is 17.7 Å². The molecule has 0 aliphatic carbocycles. The van der Waals surface area contributed by atoms with E-state index >= 15 is 0 Å². The molecule has 0 fully saturated rings. The summed E-state index contributed by atoms with van der Waals surface area (Å²) >= 11 is 0. The van der Waals surface area contributed by atoms with Gasteiger partial charge in [0.2, 0.25) is 0 Å². The molecular weight excluding hydrogens is 259 g/mol. The number of hydrogen-bond acceptors (Lipinski definition) is 2. The van der Waals surface area contributed by atoms with Crippen LogP contribution in [0.4, 0.5) is 4.39 Å². The van der Waals surface area contributed by atoms with Crippen molar-refractivity contribution in [1.29, 1.82) is 0 Å². The van der Waals surface area contributed by atoms with Crippen LogP contribution in [0.1, 0.15) is 17.0 Å². The second-order valence-electron chi connectivity index (χ2n) is 4.52. The van der Waals surface area contributed by atoms with E-state index in [0.717, 1.165) is 5.56 Å². The van der Waals surface area contributed by atoms with Gasteiger partial charge in [0.25, 0.3) is 0 Å². The summed E-state index contributed by atoms with van der Waals surface area (Å²) in [5, 5.41) is 9.26. The maximum absolute atomic E-state index is 13.2. The van der Waals surface area contributed by atoms with E-state index in [1.165, 1.54) is 18.2 Å². The Morgan fingerprint density at radius 3 is 2.65 bits per heavy atom. The van der Waals surface area contributed by atoms with E-state index in [0.29, 0.717) is 11.3 Å². The van der Waals surface area contributed by atoms with Crippen LogP contribution < -0.4 is 4.74 Å². The Kier molecular flexibility index (Phi) is 4.35. The van der Waals surface area contributed by atoms with Gasteiger partial charge in [-0.1, -0.05) is 30.3 Å². The highest BCUT2D eigenvalue weighted by atomic mass is 19.1. The van der Waals surface area contributed by atoms with Gasteiger partial charge in [-0.15, -0.1) is 0 Å². The minimum absolute atomic E-state index is 0.0381. The third-order valence-electron chi connectivity index (χ3n) is 3.05. The molecule has 0 saturated carbocycles. The Balaban J connectivity index is 2.15. The highest BCUT2D eigenvalue weighted by Crippen LogP contribution is 2.22.